The summed E-state index contributed by atoms with van der Waals surface area (Å²) in [7, 11) is 0. The van der Waals surface area contributed by atoms with Gasteiger partial charge in [-0.15, -0.1) is 0 Å². The Labute approximate surface area is 174 Å². The fraction of sp³-hybridized carbons (Fsp3) is 0.400. The third-order valence-electron chi connectivity index (χ3n) is 4.66. The number of allylic oxidation sites excluding steroid dienone is 2. The Morgan fingerprint density at radius 1 is 1.07 bits per heavy atom. The Balaban J connectivity index is 2.44. The lowest BCUT2D eigenvalue weighted by molar-refractivity contribution is 0.00704. The van der Waals surface area contributed by atoms with E-state index in [1.807, 2.05) is 39.8 Å². The lowest BCUT2D eigenvalue weighted by Gasteiger charge is -2.25. The minimum atomic E-state index is -0.616. The first-order valence-electron chi connectivity index (χ1n) is 10.2. The SMILES string of the molecule is CC/C=C(\C)N(CC)Cc1cccc(-c2ccccc2C(=O)OC(C)(C)C)c1F. The van der Waals surface area contributed by atoms with Gasteiger partial charge in [-0.25, -0.2) is 9.18 Å². The summed E-state index contributed by atoms with van der Waals surface area (Å²) in [6.07, 6.45) is 3.08. The average Bonchev–Trinajstić information content (AvgIpc) is 2.66. The van der Waals surface area contributed by atoms with Crippen molar-refractivity contribution in [2.24, 2.45) is 0 Å². The maximum Gasteiger partial charge on any atom is 0.339 e. The van der Waals surface area contributed by atoms with Crippen molar-refractivity contribution in [1.82, 2.24) is 4.90 Å². The van der Waals surface area contributed by atoms with Crippen LogP contribution >= 0.6 is 0 Å². The van der Waals surface area contributed by atoms with Gasteiger partial charge in [0.05, 0.1) is 5.56 Å². The van der Waals surface area contributed by atoms with Crippen LogP contribution in [0.4, 0.5) is 4.39 Å². The van der Waals surface area contributed by atoms with Gasteiger partial charge in [-0.2, -0.15) is 0 Å². The fourth-order valence-corrected chi connectivity index (χ4v) is 3.26. The van der Waals surface area contributed by atoms with E-state index in [1.165, 1.54) is 0 Å². The Hall–Kier alpha value is -2.62. The van der Waals surface area contributed by atoms with Crippen molar-refractivity contribution in [3.8, 4) is 11.1 Å². The Morgan fingerprint density at radius 3 is 2.34 bits per heavy atom. The van der Waals surface area contributed by atoms with Crippen LogP contribution in [0.5, 0.6) is 0 Å². The highest BCUT2D eigenvalue weighted by Gasteiger charge is 2.22. The van der Waals surface area contributed by atoms with Crippen molar-refractivity contribution < 1.29 is 13.9 Å². The van der Waals surface area contributed by atoms with E-state index in [1.54, 1.807) is 30.3 Å². The van der Waals surface area contributed by atoms with Crippen LogP contribution in [0.1, 0.15) is 63.9 Å². The average molecular weight is 398 g/mol. The van der Waals surface area contributed by atoms with Crippen molar-refractivity contribution >= 4 is 5.97 Å². The zero-order valence-electron chi connectivity index (χ0n) is 18.4. The number of rotatable bonds is 7. The molecule has 0 aromatic heterocycles. The molecule has 2 aromatic rings. The Kier molecular flexibility index (Phi) is 7.60. The molecule has 0 bridgehead atoms. The topological polar surface area (TPSA) is 29.5 Å². The predicted octanol–water partition coefficient (Wildman–Crippen LogP) is 6.58. The van der Waals surface area contributed by atoms with Crippen molar-refractivity contribution in [3.63, 3.8) is 0 Å². The predicted molar refractivity (Wildman–Crippen MR) is 117 cm³/mol. The number of ether oxygens (including phenoxy) is 1. The van der Waals surface area contributed by atoms with E-state index in [0.717, 1.165) is 18.7 Å². The third-order valence-corrected chi connectivity index (χ3v) is 4.66. The van der Waals surface area contributed by atoms with Crippen LogP contribution in [0.3, 0.4) is 0 Å². The Bertz CT molecular complexity index is 881. The third kappa shape index (κ3) is 5.93. The summed E-state index contributed by atoms with van der Waals surface area (Å²) < 4.78 is 21.0. The molecule has 0 spiro atoms. The molecule has 4 heteroatoms. The molecular formula is C25H32FNO2. The molecule has 29 heavy (non-hydrogen) atoms. The van der Waals surface area contributed by atoms with Gasteiger partial charge in [0, 0.05) is 29.9 Å². The highest BCUT2D eigenvalue weighted by Crippen LogP contribution is 2.30. The quantitative estimate of drug-likeness (QED) is 0.494. The van der Waals surface area contributed by atoms with Crippen molar-refractivity contribution in [2.45, 2.75) is 60.1 Å². The summed E-state index contributed by atoms with van der Waals surface area (Å²) >= 11 is 0. The molecular weight excluding hydrogens is 365 g/mol. The smallest absolute Gasteiger partial charge is 0.339 e. The van der Waals surface area contributed by atoms with Gasteiger partial charge < -0.3 is 9.64 Å². The first kappa shape index (κ1) is 22.7. The fourth-order valence-electron chi connectivity index (χ4n) is 3.26. The Morgan fingerprint density at radius 2 is 1.72 bits per heavy atom. The molecule has 0 unspecified atom stereocenters. The molecule has 0 radical (unpaired) electrons. The standard InChI is InChI=1S/C25H32FNO2/c1-7-12-18(3)27(8-2)17-19-13-11-16-21(23(19)26)20-14-9-10-15-22(20)24(28)29-25(4,5)6/h9-16H,7-8,17H2,1-6H3/b18-12+. The number of nitrogens with zero attached hydrogens (tertiary/aromatic N) is 1. The normalized spacial score (nSPS) is 12.0. The van der Waals surface area contributed by atoms with Crippen molar-refractivity contribution in [2.75, 3.05) is 6.54 Å². The minimum Gasteiger partial charge on any atom is -0.456 e. The maximum atomic E-state index is 15.5. The zero-order valence-corrected chi connectivity index (χ0v) is 18.4. The monoisotopic (exact) mass is 397 g/mol. The van der Waals surface area contributed by atoms with Crippen LogP contribution < -0.4 is 0 Å². The highest BCUT2D eigenvalue weighted by molar-refractivity contribution is 5.97. The van der Waals surface area contributed by atoms with Crippen LogP contribution in [0.25, 0.3) is 11.1 Å². The second kappa shape index (κ2) is 9.73. The molecule has 156 valence electrons. The molecule has 0 fully saturated rings. The van der Waals surface area contributed by atoms with Crippen LogP contribution in [-0.4, -0.2) is 23.0 Å². The number of hydrogen-bond acceptors (Lipinski definition) is 3. The van der Waals surface area contributed by atoms with Gasteiger partial charge in [0.15, 0.2) is 0 Å². The lowest BCUT2D eigenvalue weighted by atomic mass is 9.97. The van der Waals surface area contributed by atoms with Gasteiger partial charge >= 0.3 is 5.97 Å². The van der Waals surface area contributed by atoms with Gasteiger partial charge in [0.2, 0.25) is 0 Å². The van der Waals surface area contributed by atoms with E-state index < -0.39 is 11.6 Å². The van der Waals surface area contributed by atoms with Crippen molar-refractivity contribution in [3.05, 3.63) is 71.2 Å². The summed E-state index contributed by atoms with van der Waals surface area (Å²) in [6.45, 7) is 12.9. The number of halogens is 1. The second-order valence-corrected chi connectivity index (χ2v) is 8.09. The summed E-state index contributed by atoms with van der Waals surface area (Å²) in [5, 5.41) is 0. The van der Waals surface area contributed by atoms with Crippen molar-refractivity contribution in [1.29, 1.82) is 0 Å². The van der Waals surface area contributed by atoms with E-state index in [2.05, 4.69) is 24.8 Å². The minimum absolute atomic E-state index is 0.300. The molecule has 0 aliphatic heterocycles. The molecule has 0 atom stereocenters. The molecule has 0 heterocycles. The van der Waals surface area contributed by atoms with Gasteiger partial charge in [0.25, 0.3) is 0 Å². The molecule has 0 saturated carbocycles. The van der Waals surface area contributed by atoms with E-state index in [0.29, 0.717) is 28.8 Å². The highest BCUT2D eigenvalue weighted by atomic mass is 19.1. The van der Waals surface area contributed by atoms with Gasteiger partial charge in [-0.3, -0.25) is 0 Å². The first-order valence-corrected chi connectivity index (χ1v) is 10.2. The molecule has 2 rings (SSSR count). The van der Waals surface area contributed by atoms with E-state index >= 15 is 4.39 Å². The molecule has 0 saturated heterocycles. The lowest BCUT2D eigenvalue weighted by Crippen LogP contribution is -2.24. The first-order chi connectivity index (χ1) is 13.7. The summed E-state index contributed by atoms with van der Waals surface area (Å²) in [6, 6.07) is 12.4. The largest absolute Gasteiger partial charge is 0.456 e. The summed E-state index contributed by atoms with van der Waals surface area (Å²) in [4.78, 5) is 14.8. The number of carbonyl (C=O) groups is 1. The van der Waals surface area contributed by atoms with E-state index in [9.17, 15) is 4.79 Å². The van der Waals surface area contributed by atoms with Gasteiger partial charge in [-0.1, -0.05) is 49.4 Å². The number of carbonyl (C=O) groups excluding carboxylic acids is 1. The van der Waals surface area contributed by atoms with Crippen LogP contribution in [0.2, 0.25) is 0 Å². The number of benzene rings is 2. The molecule has 2 aromatic carbocycles. The van der Waals surface area contributed by atoms with E-state index in [4.69, 9.17) is 4.74 Å². The zero-order chi connectivity index (χ0) is 21.6. The molecule has 0 N–H and O–H groups in total. The van der Waals surface area contributed by atoms with E-state index in [-0.39, 0.29) is 5.82 Å². The van der Waals surface area contributed by atoms with Crippen LogP contribution in [0, 0.1) is 5.82 Å². The van der Waals surface area contributed by atoms with Crippen LogP contribution in [-0.2, 0) is 11.3 Å². The molecule has 3 nitrogen and oxygen atoms in total. The second-order valence-electron chi connectivity index (χ2n) is 8.09. The number of esters is 1. The molecule has 0 aliphatic rings. The maximum absolute atomic E-state index is 15.5. The van der Waals surface area contributed by atoms with Crippen LogP contribution in [0.15, 0.2) is 54.2 Å². The summed E-state index contributed by atoms with van der Waals surface area (Å²) in [5.41, 5.74) is 2.45. The molecule has 0 amide bonds. The van der Waals surface area contributed by atoms with Gasteiger partial charge in [0.1, 0.15) is 11.4 Å². The number of hydrogen-bond donors (Lipinski definition) is 0. The van der Waals surface area contributed by atoms with Gasteiger partial charge in [-0.05, 0) is 52.7 Å². The molecule has 0 aliphatic carbocycles. The summed E-state index contributed by atoms with van der Waals surface area (Å²) in [5.74, 6) is -0.749.